The van der Waals surface area contributed by atoms with Gasteiger partial charge in [0, 0.05) is 4.47 Å². The number of carboxylic acid groups (broad SMARTS) is 1. The van der Waals surface area contributed by atoms with Crippen molar-refractivity contribution < 1.29 is 9.90 Å². The van der Waals surface area contributed by atoms with Crippen LogP contribution in [0.15, 0.2) is 29.3 Å². The lowest BCUT2D eigenvalue weighted by Gasteiger charge is -1.98. The molecule has 1 N–H and O–H groups in total. The largest absolute Gasteiger partial charge is 0.478 e. The Balaban J connectivity index is 3.23. The summed E-state index contributed by atoms with van der Waals surface area (Å²) in [6.07, 6.45) is 1.61. The Bertz CT molecular complexity index is 331. The van der Waals surface area contributed by atoms with Crippen LogP contribution < -0.4 is 0 Å². The highest BCUT2D eigenvalue weighted by Gasteiger charge is 2.03. The first-order chi connectivity index (χ1) is 5.63. The first-order valence-electron chi connectivity index (χ1n) is 3.30. The van der Waals surface area contributed by atoms with Gasteiger partial charge in [0.15, 0.2) is 0 Å². The van der Waals surface area contributed by atoms with Gasteiger partial charge in [0.05, 0.1) is 5.56 Å². The first kappa shape index (κ1) is 9.00. The smallest absolute Gasteiger partial charge is 0.335 e. The lowest BCUT2D eigenvalue weighted by molar-refractivity contribution is 0.0697. The van der Waals surface area contributed by atoms with Crippen molar-refractivity contribution in [3.63, 3.8) is 0 Å². The van der Waals surface area contributed by atoms with E-state index in [1.54, 1.807) is 24.3 Å². The summed E-state index contributed by atoms with van der Waals surface area (Å²) in [7, 11) is 0. The zero-order valence-electron chi connectivity index (χ0n) is 6.25. The molecule has 0 spiro atoms. The SMILES string of the molecule is C=Cc1cc(Br)cc(C(=O)O)c1. The quantitative estimate of drug-likeness (QED) is 0.843. The summed E-state index contributed by atoms with van der Waals surface area (Å²) in [6, 6.07) is 4.93. The molecule has 1 aromatic rings. The van der Waals surface area contributed by atoms with Gasteiger partial charge in [-0.25, -0.2) is 4.79 Å². The Kier molecular flexibility index (Phi) is 2.65. The third-order valence-corrected chi connectivity index (χ3v) is 1.86. The minimum Gasteiger partial charge on any atom is -0.478 e. The van der Waals surface area contributed by atoms with Gasteiger partial charge < -0.3 is 5.11 Å². The van der Waals surface area contributed by atoms with E-state index in [1.165, 1.54) is 0 Å². The maximum Gasteiger partial charge on any atom is 0.335 e. The van der Waals surface area contributed by atoms with E-state index in [4.69, 9.17) is 5.11 Å². The molecule has 0 aliphatic rings. The van der Waals surface area contributed by atoms with Gasteiger partial charge in [0.1, 0.15) is 0 Å². The fraction of sp³-hybridized carbons (Fsp3) is 0. The van der Waals surface area contributed by atoms with Crippen LogP contribution in [0.4, 0.5) is 0 Å². The molecule has 0 heterocycles. The van der Waals surface area contributed by atoms with Gasteiger partial charge in [-0.3, -0.25) is 0 Å². The van der Waals surface area contributed by atoms with Crippen LogP contribution in [0.3, 0.4) is 0 Å². The van der Waals surface area contributed by atoms with Gasteiger partial charge in [-0.2, -0.15) is 0 Å². The summed E-state index contributed by atoms with van der Waals surface area (Å²) < 4.78 is 0.748. The van der Waals surface area contributed by atoms with Crippen molar-refractivity contribution >= 4 is 28.0 Å². The van der Waals surface area contributed by atoms with Gasteiger partial charge in [0.25, 0.3) is 0 Å². The first-order valence-corrected chi connectivity index (χ1v) is 4.09. The van der Waals surface area contributed by atoms with Gasteiger partial charge in [0.2, 0.25) is 0 Å². The molecule has 0 radical (unpaired) electrons. The number of carboxylic acids is 1. The van der Waals surface area contributed by atoms with Crippen LogP contribution >= 0.6 is 15.9 Å². The van der Waals surface area contributed by atoms with Crippen LogP contribution in [-0.2, 0) is 0 Å². The molecule has 0 fully saturated rings. The fourth-order valence-electron chi connectivity index (χ4n) is 0.854. The molecule has 0 unspecified atom stereocenters. The van der Waals surface area contributed by atoms with Gasteiger partial charge >= 0.3 is 5.97 Å². The molecule has 1 aromatic carbocycles. The Hall–Kier alpha value is -1.09. The molecule has 0 bridgehead atoms. The third kappa shape index (κ3) is 1.95. The van der Waals surface area contributed by atoms with Crippen molar-refractivity contribution in [2.24, 2.45) is 0 Å². The summed E-state index contributed by atoms with van der Waals surface area (Å²) in [6.45, 7) is 3.56. The second-order valence-electron chi connectivity index (χ2n) is 2.28. The van der Waals surface area contributed by atoms with Crippen LogP contribution in [0.2, 0.25) is 0 Å². The molecule has 62 valence electrons. The van der Waals surface area contributed by atoms with Crippen molar-refractivity contribution in [3.05, 3.63) is 40.4 Å². The average molecular weight is 227 g/mol. The fourth-order valence-corrected chi connectivity index (χ4v) is 1.36. The molecule has 0 saturated heterocycles. The van der Waals surface area contributed by atoms with Crippen molar-refractivity contribution in [1.29, 1.82) is 0 Å². The Morgan fingerprint density at radius 1 is 1.50 bits per heavy atom. The number of halogens is 1. The number of hydrogen-bond donors (Lipinski definition) is 1. The van der Waals surface area contributed by atoms with Crippen molar-refractivity contribution in [2.75, 3.05) is 0 Å². The van der Waals surface area contributed by atoms with Crippen LogP contribution in [0.25, 0.3) is 6.08 Å². The molecule has 0 amide bonds. The number of carbonyl (C=O) groups is 1. The summed E-state index contributed by atoms with van der Waals surface area (Å²) in [4.78, 5) is 10.6. The summed E-state index contributed by atoms with van der Waals surface area (Å²) in [5, 5.41) is 8.67. The van der Waals surface area contributed by atoms with Crippen molar-refractivity contribution in [2.45, 2.75) is 0 Å². The highest BCUT2D eigenvalue weighted by Crippen LogP contribution is 2.16. The standard InChI is InChI=1S/C9H7BrO2/c1-2-6-3-7(9(11)12)5-8(10)4-6/h2-5H,1H2,(H,11,12). The number of aromatic carboxylic acids is 1. The minimum atomic E-state index is -0.931. The summed E-state index contributed by atoms with van der Waals surface area (Å²) in [5.74, 6) is -0.931. The van der Waals surface area contributed by atoms with Gasteiger partial charge in [-0.15, -0.1) is 0 Å². The number of rotatable bonds is 2. The molecular weight excluding hydrogens is 220 g/mol. The van der Waals surface area contributed by atoms with E-state index in [0.717, 1.165) is 10.0 Å². The van der Waals surface area contributed by atoms with E-state index in [-0.39, 0.29) is 5.56 Å². The molecule has 1 rings (SSSR count). The van der Waals surface area contributed by atoms with Crippen molar-refractivity contribution in [3.8, 4) is 0 Å². The summed E-state index contributed by atoms with van der Waals surface area (Å²) >= 11 is 3.21. The number of hydrogen-bond acceptors (Lipinski definition) is 1. The lowest BCUT2D eigenvalue weighted by atomic mass is 10.1. The normalized spacial score (nSPS) is 9.42. The van der Waals surface area contributed by atoms with E-state index < -0.39 is 5.97 Å². The van der Waals surface area contributed by atoms with Gasteiger partial charge in [-0.1, -0.05) is 28.6 Å². The minimum absolute atomic E-state index is 0.263. The molecule has 0 aliphatic carbocycles. The molecule has 12 heavy (non-hydrogen) atoms. The second kappa shape index (κ2) is 3.54. The topological polar surface area (TPSA) is 37.3 Å². The highest BCUT2D eigenvalue weighted by atomic mass is 79.9. The zero-order chi connectivity index (χ0) is 9.14. The number of benzene rings is 1. The van der Waals surface area contributed by atoms with Gasteiger partial charge in [-0.05, 0) is 23.8 Å². The molecule has 3 heteroatoms. The van der Waals surface area contributed by atoms with E-state index in [0.29, 0.717) is 0 Å². The van der Waals surface area contributed by atoms with E-state index in [2.05, 4.69) is 22.5 Å². The molecular formula is C9H7BrO2. The molecule has 0 aliphatic heterocycles. The summed E-state index contributed by atoms with van der Waals surface area (Å²) in [5.41, 5.74) is 1.06. The monoisotopic (exact) mass is 226 g/mol. The van der Waals surface area contributed by atoms with Crippen molar-refractivity contribution in [1.82, 2.24) is 0 Å². The lowest BCUT2D eigenvalue weighted by Crippen LogP contribution is -1.96. The van der Waals surface area contributed by atoms with Crippen LogP contribution in [0.5, 0.6) is 0 Å². The van der Waals surface area contributed by atoms with Crippen LogP contribution in [0, 0.1) is 0 Å². The zero-order valence-corrected chi connectivity index (χ0v) is 7.84. The molecule has 0 atom stereocenters. The Morgan fingerprint density at radius 2 is 2.17 bits per heavy atom. The van der Waals surface area contributed by atoms with E-state index in [9.17, 15) is 4.79 Å². The maximum atomic E-state index is 10.6. The Morgan fingerprint density at radius 3 is 2.67 bits per heavy atom. The van der Waals surface area contributed by atoms with Crippen LogP contribution in [-0.4, -0.2) is 11.1 Å². The predicted molar refractivity (Wildman–Crippen MR) is 51.2 cm³/mol. The molecule has 2 nitrogen and oxygen atoms in total. The third-order valence-electron chi connectivity index (χ3n) is 1.40. The predicted octanol–water partition coefficient (Wildman–Crippen LogP) is 2.79. The molecule has 0 aromatic heterocycles. The van der Waals surface area contributed by atoms with E-state index >= 15 is 0 Å². The molecule has 0 saturated carbocycles. The maximum absolute atomic E-state index is 10.6. The van der Waals surface area contributed by atoms with Crippen LogP contribution in [0.1, 0.15) is 15.9 Å². The van der Waals surface area contributed by atoms with E-state index in [1.807, 2.05) is 0 Å². The highest BCUT2D eigenvalue weighted by molar-refractivity contribution is 9.10. The average Bonchev–Trinajstić information content (AvgIpc) is 2.03. The Labute approximate surface area is 78.7 Å². The second-order valence-corrected chi connectivity index (χ2v) is 3.20.